The molecule has 2 heteroatoms. The van der Waals surface area contributed by atoms with E-state index in [-0.39, 0.29) is 21.8 Å². The molecule has 0 radical (unpaired) electrons. The third-order valence-corrected chi connectivity index (χ3v) is 5.99. The minimum Gasteiger partial charge on any atom is -0.205 e. The molecule has 32 heavy (non-hydrogen) atoms. The van der Waals surface area contributed by atoms with Gasteiger partial charge in [-0.25, -0.2) is 9.13 Å². The Bertz CT molecular complexity index is 739. The van der Waals surface area contributed by atoms with E-state index in [1.807, 2.05) is 0 Å². The highest BCUT2D eigenvalue weighted by molar-refractivity contribution is 5.26. The molecule has 2 aromatic rings. The van der Waals surface area contributed by atoms with Gasteiger partial charge in [0.25, 0.3) is 0 Å². The van der Waals surface area contributed by atoms with Crippen molar-refractivity contribution in [3.63, 3.8) is 0 Å². The Morgan fingerprint density at radius 3 is 1.28 bits per heavy atom. The van der Waals surface area contributed by atoms with Crippen LogP contribution in [-0.2, 0) is 34.7 Å². The molecular formula is C30H52N2+2. The van der Waals surface area contributed by atoms with Crippen LogP contribution in [0, 0.1) is 0 Å². The monoisotopic (exact) mass is 440 g/mol. The maximum absolute atomic E-state index is 2.35. The molecule has 0 saturated carbocycles. The van der Waals surface area contributed by atoms with Crippen LogP contribution in [0.5, 0.6) is 0 Å². The molecule has 0 fully saturated rings. The number of aromatic nitrogens is 2. The summed E-state index contributed by atoms with van der Waals surface area (Å²) in [5, 5.41) is 0. The Morgan fingerprint density at radius 2 is 0.969 bits per heavy atom. The van der Waals surface area contributed by atoms with Gasteiger partial charge in [-0.1, -0.05) is 69.2 Å². The van der Waals surface area contributed by atoms with Crippen molar-refractivity contribution in [3.05, 3.63) is 59.2 Å². The SMILES string of the molecule is CC[n+]1cc(C(C)(C)C)cc(C(C)(C)C)c1.CCc1cc(C(C)(C)C)c[n+](C(C)(C)C)c1. The lowest BCUT2D eigenvalue weighted by molar-refractivity contribution is -0.754. The van der Waals surface area contributed by atoms with E-state index >= 15 is 0 Å². The second-order valence-corrected chi connectivity index (χ2v) is 13.3. The van der Waals surface area contributed by atoms with Crippen LogP contribution in [-0.4, -0.2) is 0 Å². The molecule has 0 spiro atoms. The molecule has 2 heterocycles. The van der Waals surface area contributed by atoms with Crippen LogP contribution in [0.1, 0.15) is 119 Å². The second kappa shape index (κ2) is 10.1. The van der Waals surface area contributed by atoms with E-state index < -0.39 is 0 Å². The van der Waals surface area contributed by atoms with Crippen LogP contribution in [0.3, 0.4) is 0 Å². The number of rotatable bonds is 2. The average Bonchev–Trinajstić information content (AvgIpc) is 2.65. The van der Waals surface area contributed by atoms with Gasteiger partial charge >= 0.3 is 0 Å². The Balaban J connectivity index is 0.000000320. The van der Waals surface area contributed by atoms with E-state index in [2.05, 4.69) is 143 Å². The van der Waals surface area contributed by atoms with Crippen molar-refractivity contribution in [2.45, 2.75) is 132 Å². The van der Waals surface area contributed by atoms with E-state index in [1.165, 1.54) is 22.3 Å². The van der Waals surface area contributed by atoms with Crippen LogP contribution in [0.15, 0.2) is 36.9 Å². The first-order chi connectivity index (χ1) is 14.3. The molecule has 0 amide bonds. The molecule has 0 unspecified atom stereocenters. The lowest BCUT2D eigenvalue weighted by Gasteiger charge is -2.22. The lowest BCUT2D eigenvalue weighted by atomic mass is 9.82. The molecule has 0 aliphatic heterocycles. The maximum Gasteiger partial charge on any atom is 0.173 e. The highest BCUT2D eigenvalue weighted by Crippen LogP contribution is 2.27. The summed E-state index contributed by atoms with van der Waals surface area (Å²) in [6.07, 6.45) is 10.2. The summed E-state index contributed by atoms with van der Waals surface area (Å²) in [5.41, 5.74) is 6.49. The van der Waals surface area contributed by atoms with E-state index in [4.69, 9.17) is 0 Å². The molecule has 2 nitrogen and oxygen atoms in total. The van der Waals surface area contributed by atoms with Crippen molar-refractivity contribution in [1.82, 2.24) is 0 Å². The molecule has 0 aliphatic rings. The predicted molar refractivity (Wildman–Crippen MR) is 139 cm³/mol. The molecule has 0 bridgehead atoms. The molecule has 0 N–H and O–H groups in total. The van der Waals surface area contributed by atoms with E-state index in [0.717, 1.165) is 13.0 Å². The van der Waals surface area contributed by atoms with Crippen molar-refractivity contribution >= 4 is 0 Å². The second-order valence-electron chi connectivity index (χ2n) is 13.3. The Kier molecular flexibility index (Phi) is 8.91. The standard InChI is InChI=1S/2C15H26N/c1-8-16-10-12(14(2,3)4)9-13(11-16)15(5,6)7;1-8-12-9-13(14(2,3)4)11-16(10-12)15(5,6)7/h2*9-11H,8H2,1-7H3/q2*+1. The van der Waals surface area contributed by atoms with Gasteiger partial charge in [0.2, 0.25) is 0 Å². The summed E-state index contributed by atoms with van der Waals surface area (Å²) in [6.45, 7) is 32.6. The van der Waals surface area contributed by atoms with Crippen molar-refractivity contribution < 1.29 is 9.13 Å². The summed E-state index contributed by atoms with van der Waals surface area (Å²) in [4.78, 5) is 0. The van der Waals surface area contributed by atoms with Gasteiger partial charge in [-0.05, 0) is 41.7 Å². The van der Waals surface area contributed by atoms with Crippen LogP contribution in [0.2, 0.25) is 0 Å². The fraction of sp³-hybridized carbons (Fsp3) is 0.667. The third-order valence-electron chi connectivity index (χ3n) is 5.99. The largest absolute Gasteiger partial charge is 0.205 e. The topological polar surface area (TPSA) is 7.76 Å². The van der Waals surface area contributed by atoms with E-state index in [0.29, 0.717) is 0 Å². The number of aryl methyl sites for hydroxylation is 2. The molecule has 0 aliphatic carbocycles. The highest BCUT2D eigenvalue weighted by Gasteiger charge is 2.26. The number of pyridine rings is 2. The van der Waals surface area contributed by atoms with Gasteiger partial charge in [-0.15, -0.1) is 0 Å². The third kappa shape index (κ3) is 8.34. The summed E-state index contributed by atoms with van der Waals surface area (Å²) in [6, 6.07) is 4.69. The fourth-order valence-corrected chi connectivity index (χ4v) is 3.27. The zero-order valence-electron chi connectivity index (χ0n) is 23.8. The van der Waals surface area contributed by atoms with Crippen molar-refractivity contribution in [3.8, 4) is 0 Å². The van der Waals surface area contributed by atoms with Crippen LogP contribution in [0.4, 0.5) is 0 Å². The van der Waals surface area contributed by atoms with Gasteiger partial charge in [0.15, 0.2) is 30.3 Å². The molecule has 2 rings (SSSR count). The highest BCUT2D eigenvalue weighted by atomic mass is 15.0. The van der Waals surface area contributed by atoms with E-state index in [1.54, 1.807) is 0 Å². The molecule has 0 aromatic carbocycles. The summed E-state index contributed by atoms with van der Waals surface area (Å²) in [7, 11) is 0. The van der Waals surface area contributed by atoms with Gasteiger partial charge < -0.3 is 0 Å². The van der Waals surface area contributed by atoms with Crippen LogP contribution >= 0.6 is 0 Å². The number of nitrogens with zero attached hydrogens (tertiary/aromatic N) is 2. The zero-order valence-corrected chi connectivity index (χ0v) is 23.8. The molecular weight excluding hydrogens is 388 g/mol. The van der Waals surface area contributed by atoms with Gasteiger partial charge in [0.05, 0.1) is 0 Å². The van der Waals surface area contributed by atoms with Crippen molar-refractivity contribution in [2.24, 2.45) is 0 Å². The quantitative estimate of drug-likeness (QED) is 0.437. The van der Waals surface area contributed by atoms with Crippen molar-refractivity contribution in [2.75, 3.05) is 0 Å². The zero-order chi connectivity index (χ0) is 25.1. The average molecular weight is 441 g/mol. The van der Waals surface area contributed by atoms with Gasteiger partial charge in [-0.2, -0.15) is 0 Å². The summed E-state index contributed by atoms with van der Waals surface area (Å²) >= 11 is 0. The first-order valence-corrected chi connectivity index (χ1v) is 12.4. The van der Waals surface area contributed by atoms with Crippen LogP contribution < -0.4 is 9.13 Å². The minimum atomic E-state index is 0.158. The molecule has 180 valence electrons. The smallest absolute Gasteiger partial charge is 0.173 e. The predicted octanol–water partition coefficient (Wildman–Crippen LogP) is 7.18. The first kappa shape index (κ1) is 28.3. The minimum absolute atomic E-state index is 0.158. The summed E-state index contributed by atoms with van der Waals surface area (Å²) < 4.78 is 4.63. The number of hydrogen-bond donors (Lipinski definition) is 0. The molecule has 2 aromatic heterocycles. The number of hydrogen-bond acceptors (Lipinski definition) is 0. The molecule has 0 atom stereocenters. The Hall–Kier alpha value is -1.70. The lowest BCUT2D eigenvalue weighted by Crippen LogP contribution is -2.50. The molecule has 0 saturated heterocycles. The summed E-state index contributed by atoms with van der Waals surface area (Å²) in [5.74, 6) is 0. The fourth-order valence-electron chi connectivity index (χ4n) is 3.27. The van der Waals surface area contributed by atoms with Gasteiger partial charge in [0.1, 0.15) is 6.54 Å². The Labute approximate surface area is 200 Å². The van der Waals surface area contributed by atoms with E-state index in [9.17, 15) is 0 Å². The first-order valence-electron chi connectivity index (χ1n) is 12.4. The van der Waals surface area contributed by atoms with Crippen molar-refractivity contribution in [1.29, 1.82) is 0 Å². The maximum atomic E-state index is 2.35. The van der Waals surface area contributed by atoms with Gasteiger partial charge in [-0.3, -0.25) is 0 Å². The van der Waals surface area contributed by atoms with Gasteiger partial charge in [0, 0.05) is 43.0 Å². The normalized spacial score (nSPS) is 12.9. The Morgan fingerprint density at radius 1 is 0.562 bits per heavy atom. The van der Waals surface area contributed by atoms with Crippen LogP contribution in [0.25, 0.3) is 0 Å².